The highest BCUT2D eigenvalue weighted by Crippen LogP contribution is 2.22. The van der Waals surface area contributed by atoms with Crippen LogP contribution in [0, 0.1) is 5.92 Å². The normalized spacial score (nSPS) is 27.9. The van der Waals surface area contributed by atoms with Crippen LogP contribution in [-0.2, 0) is 4.79 Å². The number of pyridine rings is 1. The molecule has 2 heterocycles. The van der Waals surface area contributed by atoms with Crippen LogP contribution < -0.4 is 16.0 Å². The third kappa shape index (κ3) is 2.79. The highest BCUT2D eigenvalue weighted by atomic mass is 16.1. The summed E-state index contributed by atoms with van der Waals surface area (Å²) >= 11 is 0. The molecule has 98 valence electrons. The lowest BCUT2D eigenvalue weighted by Gasteiger charge is -2.42. The van der Waals surface area contributed by atoms with Crippen LogP contribution in [0.25, 0.3) is 0 Å². The molecule has 2 rings (SSSR count). The second kappa shape index (κ2) is 5.35. The quantitative estimate of drug-likeness (QED) is 0.793. The van der Waals surface area contributed by atoms with E-state index in [2.05, 4.69) is 22.1 Å². The average Bonchev–Trinajstić information content (AvgIpc) is 2.34. The van der Waals surface area contributed by atoms with Gasteiger partial charge in [-0.05, 0) is 18.1 Å². The summed E-state index contributed by atoms with van der Waals surface area (Å²) in [6, 6.07) is 3.97. The van der Waals surface area contributed by atoms with Crippen molar-refractivity contribution in [3.63, 3.8) is 0 Å². The van der Waals surface area contributed by atoms with E-state index < -0.39 is 0 Å². The molecule has 0 bridgehead atoms. The van der Waals surface area contributed by atoms with Crippen molar-refractivity contribution in [3.8, 4) is 0 Å². The molecule has 1 aliphatic heterocycles. The lowest BCUT2D eigenvalue weighted by Crippen LogP contribution is -2.61. The summed E-state index contributed by atoms with van der Waals surface area (Å²) in [5.74, 6) is 0.311. The van der Waals surface area contributed by atoms with Gasteiger partial charge in [0.1, 0.15) is 0 Å². The zero-order valence-electron chi connectivity index (χ0n) is 10.8. The highest BCUT2D eigenvalue weighted by molar-refractivity contribution is 5.73. The third-order valence-corrected chi connectivity index (χ3v) is 3.41. The number of piperidine rings is 1. The minimum Gasteiger partial charge on any atom is -0.369 e. The van der Waals surface area contributed by atoms with Crippen molar-refractivity contribution < 1.29 is 4.79 Å². The summed E-state index contributed by atoms with van der Waals surface area (Å²) in [6.07, 6.45) is 3.57. The first-order valence-corrected chi connectivity index (χ1v) is 6.25. The van der Waals surface area contributed by atoms with Gasteiger partial charge in [0.05, 0.1) is 0 Å². The lowest BCUT2D eigenvalue weighted by atomic mass is 9.90. The van der Waals surface area contributed by atoms with Crippen LogP contribution >= 0.6 is 0 Å². The minimum atomic E-state index is -0.0502. The Morgan fingerprint density at radius 2 is 2.11 bits per heavy atom. The molecular formula is C13H20N4O. The van der Waals surface area contributed by atoms with Crippen molar-refractivity contribution in [3.05, 3.63) is 24.5 Å². The molecule has 0 aliphatic carbocycles. The van der Waals surface area contributed by atoms with E-state index in [9.17, 15) is 4.79 Å². The number of amides is 1. The molecule has 1 amide bonds. The van der Waals surface area contributed by atoms with Crippen LogP contribution in [0.2, 0.25) is 0 Å². The van der Waals surface area contributed by atoms with Crippen molar-refractivity contribution >= 4 is 11.6 Å². The first-order valence-electron chi connectivity index (χ1n) is 6.25. The van der Waals surface area contributed by atoms with Crippen molar-refractivity contribution in [2.75, 3.05) is 18.0 Å². The maximum Gasteiger partial charge on any atom is 0.217 e. The standard InChI is InChI=1S/C13H20N4O/c1-9-7-17(11-3-5-15-6-4-11)8-12(14)13(9)16-10(2)18/h3-6,9,12-13H,7-8,14H2,1-2H3,(H,16,18)/t9-,12+,13-/m0/s1. The van der Waals surface area contributed by atoms with Gasteiger partial charge in [0, 0.05) is 50.2 Å². The van der Waals surface area contributed by atoms with Crippen molar-refractivity contribution in [1.82, 2.24) is 10.3 Å². The van der Waals surface area contributed by atoms with Gasteiger partial charge in [-0.3, -0.25) is 9.78 Å². The summed E-state index contributed by atoms with van der Waals surface area (Å²) in [6.45, 7) is 5.30. The Morgan fingerprint density at radius 1 is 1.44 bits per heavy atom. The molecule has 5 heteroatoms. The second-order valence-corrected chi connectivity index (χ2v) is 4.98. The van der Waals surface area contributed by atoms with Crippen molar-refractivity contribution in [1.29, 1.82) is 0 Å². The fraction of sp³-hybridized carbons (Fsp3) is 0.538. The fourth-order valence-corrected chi connectivity index (χ4v) is 2.58. The molecule has 1 fully saturated rings. The van der Waals surface area contributed by atoms with Crippen LogP contribution in [0.5, 0.6) is 0 Å². The Labute approximate surface area is 107 Å². The first-order chi connectivity index (χ1) is 8.58. The molecule has 1 saturated heterocycles. The predicted molar refractivity (Wildman–Crippen MR) is 71.2 cm³/mol. The van der Waals surface area contributed by atoms with E-state index in [1.54, 1.807) is 12.4 Å². The van der Waals surface area contributed by atoms with E-state index in [0.29, 0.717) is 5.92 Å². The number of nitrogens with one attached hydrogen (secondary N) is 1. The lowest BCUT2D eigenvalue weighted by molar-refractivity contribution is -0.120. The molecule has 0 unspecified atom stereocenters. The van der Waals surface area contributed by atoms with Gasteiger partial charge in [-0.1, -0.05) is 6.92 Å². The number of aromatic nitrogens is 1. The summed E-state index contributed by atoms with van der Waals surface area (Å²) in [7, 11) is 0. The van der Waals surface area contributed by atoms with Gasteiger partial charge in [-0.15, -0.1) is 0 Å². The first kappa shape index (κ1) is 12.8. The minimum absolute atomic E-state index is 0.0142. The van der Waals surface area contributed by atoms with Gasteiger partial charge in [-0.25, -0.2) is 0 Å². The molecule has 5 nitrogen and oxygen atoms in total. The molecule has 18 heavy (non-hydrogen) atoms. The molecule has 0 spiro atoms. The molecule has 1 aliphatic rings. The monoisotopic (exact) mass is 248 g/mol. The van der Waals surface area contributed by atoms with E-state index in [0.717, 1.165) is 18.8 Å². The Bertz CT molecular complexity index is 397. The van der Waals surface area contributed by atoms with Gasteiger partial charge >= 0.3 is 0 Å². The molecule has 1 aromatic rings. The molecule has 3 N–H and O–H groups in total. The van der Waals surface area contributed by atoms with Crippen LogP contribution in [0.1, 0.15) is 13.8 Å². The average molecular weight is 248 g/mol. The molecule has 1 aromatic heterocycles. The van der Waals surface area contributed by atoms with Gasteiger partial charge in [0.25, 0.3) is 0 Å². The third-order valence-electron chi connectivity index (χ3n) is 3.41. The maximum absolute atomic E-state index is 11.2. The van der Waals surface area contributed by atoms with Crippen LogP contribution in [0.3, 0.4) is 0 Å². The van der Waals surface area contributed by atoms with Crippen molar-refractivity contribution in [2.45, 2.75) is 25.9 Å². The Morgan fingerprint density at radius 3 is 2.67 bits per heavy atom. The van der Waals surface area contributed by atoms with E-state index in [-0.39, 0.29) is 18.0 Å². The van der Waals surface area contributed by atoms with Gasteiger partial charge < -0.3 is 16.0 Å². The topological polar surface area (TPSA) is 71.2 Å². The van der Waals surface area contributed by atoms with E-state index in [1.165, 1.54) is 6.92 Å². The maximum atomic E-state index is 11.2. The molecule has 0 saturated carbocycles. The predicted octanol–water partition coefficient (Wildman–Crippen LogP) is 0.370. The summed E-state index contributed by atoms with van der Waals surface area (Å²) in [4.78, 5) is 17.4. The number of hydrogen-bond acceptors (Lipinski definition) is 4. The van der Waals surface area contributed by atoms with Gasteiger partial charge in [0.2, 0.25) is 5.91 Å². The SMILES string of the molecule is CC(=O)N[C@@H]1[C@H](N)CN(c2ccncc2)C[C@@H]1C. The smallest absolute Gasteiger partial charge is 0.217 e. The number of hydrogen-bond donors (Lipinski definition) is 2. The molecular weight excluding hydrogens is 228 g/mol. The molecule has 0 radical (unpaired) electrons. The van der Waals surface area contributed by atoms with Crippen LogP contribution in [0.4, 0.5) is 5.69 Å². The number of nitrogens with zero attached hydrogens (tertiary/aromatic N) is 2. The zero-order valence-corrected chi connectivity index (χ0v) is 10.8. The number of anilines is 1. The summed E-state index contributed by atoms with van der Waals surface area (Å²) < 4.78 is 0. The van der Waals surface area contributed by atoms with Crippen molar-refractivity contribution in [2.24, 2.45) is 11.7 Å². The molecule has 3 atom stereocenters. The number of carbonyl (C=O) groups is 1. The number of nitrogens with two attached hydrogens (primary N) is 1. The highest BCUT2D eigenvalue weighted by Gasteiger charge is 2.32. The summed E-state index contributed by atoms with van der Waals surface area (Å²) in [5.41, 5.74) is 7.31. The Balaban J connectivity index is 2.07. The Kier molecular flexibility index (Phi) is 3.81. The van der Waals surface area contributed by atoms with E-state index in [4.69, 9.17) is 5.73 Å². The van der Waals surface area contributed by atoms with E-state index in [1.807, 2.05) is 12.1 Å². The largest absolute Gasteiger partial charge is 0.369 e. The van der Waals surface area contributed by atoms with Crippen LogP contribution in [0.15, 0.2) is 24.5 Å². The summed E-state index contributed by atoms with van der Waals surface area (Å²) in [5, 5.41) is 2.95. The van der Waals surface area contributed by atoms with E-state index >= 15 is 0 Å². The number of rotatable bonds is 2. The molecule has 0 aromatic carbocycles. The van der Waals surface area contributed by atoms with Gasteiger partial charge in [0.15, 0.2) is 0 Å². The Hall–Kier alpha value is -1.62. The van der Waals surface area contributed by atoms with Gasteiger partial charge in [-0.2, -0.15) is 0 Å². The zero-order chi connectivity index (χ0) is 13.1. The fourth-order valence-electron chi connectivity index (χ4n) is 2.58. The number of carbonyl (C=O) groups excluding carboxylic acids is 1. The second-order valence-electron chi connectivity index (χ2n) is 4.98. The van der Waals surface area contributed by atoms with Crippen LogP contribution in [-0.4, -0.2) is 36.1 Å².